The van der Waals surface area contributed by atoms with Gasteiger partial charge < -0.3 is 18.9 Å². The molecule has 7 heteroatoms. The highest BCUT2D eigenvalue weighted by Crippen LogP contribution is 2.37. The molecule has 0 bridgehead atoms. The number of methoxy groups -OCH3 is 1. The second-order valence-electron chi connectivity index (χ2n) is 8.01. The Morgan fingerprint density at radius 3 is 2.44 bits per heavy atom. The van der Waals surface area contributed by atoms with Crippen LogP contribution in [-0.2, 0) is 11.2 Å². The van der Waals surface area contributed by atoms with Gasteiger partial charge in [-0.2, -0.15) is 4.98 Å². The number of aromatic nitrogens is 2. The first kappa shape index (κ1) is 21.9. The minimum atomic E-state index is 0.0513. The normalized spacial score (nSPS) is 14.1. The number of nitrogens with zero attached hydrogens (tertiary/aromatic N) is 3. The first-order valence-corrected chi connectivity index (χ1v) is 11.1. The summed E-state index contributed by atoms with van der Waals surface area (Å²) >= 11 is 0. The Kier molecular flexibility index (Phi) is 6.73. The van der Waals surface area contributed by atoms with Gasteiger partial charge in [-0.3, -0.25) is 4.79 Å². The van der Waals surface area contributed by atoms with Crippen molar-refractivity contribution in [1.82, 2.24) is 10.1 Å². The third kappa shape index (κ3) is 5.10. The fraction of sp³-hybridized carbons (Fsp3) is 0.400. The molecule has 1 heterocycles. The van der Waals surface area contributed by atoms with Crippen molar-refractivity contribution >= 4 is 11.6 Å². The number of amides is 1. The van der Waals surface area contributed by atoms with E-state index in [1.165, 1.54) is 0 Å². The van der Waals surface area contributed by atoms with Crippen LogP contribution in [0.2, 0.25) is 0 Å². The Balaban J connectivity index is 1.42. The van der Waals surface area contributed by atoms with Crippen LogP contribution in [0.4, 0.5) is 5.69 Å². The van der Waals surface area contributed by atoms with E-state index in [4.69, 9.17) is 14.0 Å². The summed E-state index contributed by atoms with van der Waals surface area (Å²) in [6, 6.07) is 15.3. The number of carbonyl (C=O) groups is 1. The van der Waals surface area contributed by atoms with Crippen molar-refractivity contribution in [2.45, 2.75) is 45.6 Å². The molecule has 1 saturated carbocycles. The number of anilines is 1. The molecular weight excluding hydrogens is 406 g/mol. The van der Waals surface area contributed by atoms with E-state index >= 15 is 0 Å². The Hall–Kier alpha value is -3.35. The zero-order chi connectivity index (χ0) is 22.5. The second kappa shape index (κ2) is 9.85. The van der Waals surface area contributed by atoms with E-state index in [-0.39, 0.29) is 11.9 Å². The molecule has 168 valence electrons. The quantitative estimate of drug-likeness (QED) is 0.450. The van der Waals surface area contributed by atoms with Crippen molar-refractivity contribution in [2.24, 2.45) is 5.92 Å². The van der Waals surface area contributed by atoms with E-state index < -0.39 is 0 Å². The number of rotatable bonds is 10. The number of hydrogen-bond acceptors (Lipinski definition) is 6. The third-order valence-electron chi connectivity index (χ3n) is 5.78. The molecule has 7 nitrogen and oxygen atoms in total. The average Bonchev–Trinajstić information content (AvgIpc) is 3.57. The van der Waals surface area contributed by atoms with Crippen LogP contribution in [0.3, 0.4) is 0 Å². The van der Waals surface area contributed by atoms with Crippen LogP contribution in [0, 0.1) is 5.92 Å². The fourth-order valence-electron chi connectivity index (χ4n) is 3.81. The van der Waals surface area contributed by atoms with Gasteiger partial charge in [0.05, 0.1) is 13.7 Å². The summed E-state index contributed by atoms with van der Waals surface area (Å²) in [7, 11) is 1.64. The maximum absolute atomic E-state index is 13.2. The van der Waals surface area contributed by atoms with Crippen LogP contribution >= 0.6 is 0 Å². The standard InChI is InChI=1S/C25H29N3O4/c1-4-31-22-11-7-19(8-12-22)25-26-23(32-27-25)15-16-24(29)28(17(2)18-5-6-18)20-9-13-21(30-3)14-10-20/h7-14,17-18H,4-6,15-16H2,1-3H3. The summed E-state index contributed by atoms with van der Waals surface area (Å²) in [5, 5.41) is 4.07. The fourth-order valence-corrected chi connectivity index (χ4v) is 3.81. The van der Waals surface area contributed by atoms with E-state index in [0.717, 1.165) is 35.6 Å². The highest BCUT2D eigenvalue weighted by molar-refractivity contribution is 5.94. The lowest BCUT2D eigenvalue weighted by atomic mass is 10.1. The molecule has 0 radical (unpaired) electrons. The maximum Gasteiger partial charge on any atom is 0.227 e. The van der Waals surface area contributed by atoms with E-state index in [9.17, 15) is 4.79 Å². The molecule has 0 saturated heterocycles. The van der Waals surface area contributed by atoms with Crippen molar-refractivity contribution in [2.75, 3.05) is 18.6 Å². The van der Waals surface area contributed by atoms with E-state index in [2.05, 4.69) is 17.1 Å². The number of ether oxygens (including phenoxy) is 2. The number of carbonyl (C=O) groups excluding carboxylic acids is 1. The first-order chi connectivity index (χ1) is 15.6. The lowest BCUT2D eigenvalue weighted by Gasteiger charge is -2.29. The van der Waals surface area contributed by atoms with Gasteiger partial charge in [-0.05, 0) is 81.1 Å². The van der Waals surface area contributed by atoms with Crippen LogP contribution in [0.15, 0.2) is 53.1 Å². The smallest absolute Gasteiger partial charge is 0.227 e. The van der Waals surface area contributed by atoms with Gasteiger partial charge in [0, 0.05) is 30.1 Å². The topological polar surface area (TPSA) is 77.7 Å². The molecule has 4 rings (SSSR count). The summed E-state index contributed by atoms with van der Waals surface area (Å²) in [6.45, 7) is 4.69. The van der Waals surface area contributed by atoms with Crippen molar-refractivity contribution < 1.29 is 18.8 Å². The molecule has 0 aliphatic heterocycles. The van der Waals surface area contributed by atoms with Gasteiger partial charge >= 0.3 is 0 Å². The van der Waals surface area contributed by atoms with Gasteiger partial charge in [0.1, 0.15) is 11.5 Å². The summed E-state index contributed by atoms with van der Waals surface area (Å²) in [4.78, 5) is 19.6. The summed E-state index contributed by atoms with van der Waals surface area (Å²) in [5.74, 6) is 3.14. The van der Waals surface area contributed by atoms with E-state index in [1.807, 2.05) is 60.4 Å². The molecule has 1 amide bonds. The second-order valence-corrected chi connectivity index (χ2v) is 8.01. The van der Waals surface area contributed by atoms with Crippen LogP contribution in [-0.4, -0.2) is 35.8 Å². The van der Waals surface area contributed by atoms with Crippen molar-refractivity contribution in [3.63, 3.8) is 0 Å². The lowest BCUT2D eigenvalue weighted by Crippen LogP contribution is -2.40. The molecule has 1 aliphatic carbocycles. The van der Waals surface area contributed by atoms with Crippen molar-refractivity contribution in [3.8, 4) is 22.9 Å². The average molecular weight is 436 g/mol. The molecule has 0 spiro atoms. The van der Waals surface area contributed by atoms with Crippen LogP contribution in [0.25, 0.3) is 11.4 Å². The zero-order valence-electron chi connectivity index (χ0n) is 18.8. The van der Waals surface area contributed by atoms with Gasteiger partial charge in [0.2, 0.25) is 17.6 Å². The molecule has 2 aromatic carbocycles. The third-order valence-corrected chi connectivity index (χ3v) is 5.78. The molecule has 0 N–H and O–H groups in total. The molecule has 1 atom stereocenters. The Morgan fingerprint density at radius 1 is 1.12 bits per heavy atom. The predicted molar refractivity (Wildman–Crippen MR) is 122 cm³/mol. The lowest BCUT2D eigenvalue weighted by molar-refractivity contribution is -0.119. The highest BCUT2D eigenvalue weighted by atomic mass is 16.5. The summed E-state index contributed by atoms with van der Waals surface area (Å²) < 4.78 is 16.1. The Morgan fingerprint density at radius 2 is 1.81 bits per heavy atom. The van der Waals surface area contributed by atoms with Gasteiger partial charge in [0.15, 0.2) is 0 Å². The summed E-state index contributed by atoms with van der Waals surface area (Å²) in [5.41, 5.74) is 1.73. The van der Waals surface area contributed by atoms with Gasteiger partial charge in [0.25, 0.3) is 0 Å². The van der Waals surface area contributed by atoms with Gasteiger partial charge in [-0.1, -0.05) is 5.16 Å². The van der Waals surface area contributed by atoms with Crippen molar-refractivity contribution in [1.29, 1.82) is 0 Å². The molecule has 1 unspecified atom stereocenters. The molecule has 3 aromatic rings. The first-order valence-electron chi connectivity index (χ1n) is 11.1. The molecule has 1 aromatic heterocycles. The predicted octanol–water partition coefficient (Wildman–Crippen LogP) is 4.91. The van der Waals surface area contributed by atoms with Crippen LogP contribution in [0.1, 0.15) is 39.0 Å². The van der Waals surface area contributed by atoms with E-state index in [1.54, 1.807) is 7.11 Å². The zero-order valence-corrected chi connectivity index (χ0v) is 18.8. The van der Waals surface area contributed by atoms with E-state index in [0.29, 0.717) is 37.1 Å². The monoisotopic (exact) mass is 435 g/mol. The molecule has 1 aliphatic rings. The number of hydrogen-bond donors (Lipinski definition) is 0. The summed E-state index contributed by atoms with van der Waals surface area (Å²) in [6.07, 6.45) is 3.02. The van der Waals surface area contributed by atoms with Gasteiger partial charge in [-0.15, -0.1) is 0 Å². The molecule has 1 fully saturated rings. The maximum atomic E-state index is 13.2. The van der Waals surface area contributed by atoms with Crippen LogP contribution < -0.4 is 14.4 Å². The molecular formula is C25H29N3O4. The van der Waals surface area contributed by atoms with Gasteiger partial charge in [-0.25, -0.2) is 0 Å². The SMILES string of the molecule is CCOc1ccc(-c2noc(CCC(=O)N(c3ccc(OC)cc3)C(C)C3CC3)n2)cc1. The Bertz CT molecular complexity index is 1030. The minimum absolute atomic E-state index is 0.0513. The minimum Gasteiger partial charge on any atom is -0.497 e. The molecule has 32 heavy (non-hydrogen) atoms. The Labute approximate surface area is 188 Å². The number of aryl methyl sites for hydroxylation is 1. The number of benzene rings is 2. The highest BCUT2D eigenvalue weighted by Gasteiger charge is 2.35. The largest absolute Gasteiger partial charge is 0.497 e. The van der Waals surface area contributed by atoms with Crippen molar-refractivity contribution in [3.05, 3.63) is 54.4 Å². The van der Waals surface area contributed by atoms with Crippen LogP contribution in [0.5, 0.6) is 11.5 Å².